The van der Waals surface area contributed by atoms with Gasteiger partial charge >= 0.3 is 5.97 Å². The van der Waals surface area contributed by atoms with Gasteiger partial charge in [0.25, 0.3) is 0 Å². The van der Waals surface area contributed by atoms with E-state index in [9.17, 15) is 9.90 Å². The van der Waals surface area contributed by atoms with Crippen LogP contribution in [-0.2, 0) is 4.79 Å². The van der Waals surface area contributed by atoms with Crippen molar-refractivity contribution in [1.82, 2.24) is 5.32 Å². The highest BCUT2D eigenvalue weighted by atomic mass is 16.4. The van der Waals surface area contributed by atoms with E-state index in [4.69, 9.17) is 0 Å². The Bertz CT molecular complexity index is 410. The van der Waals surface area contributed by atoms with E-state index in [1.165, 1.54) is 5.56 Å². The molecule has 0 aromatic heterocycles. The van der Waals surface area contributed by atoms with E-state index < -0.39 is 5.97 Å². The van der Waals surface area contributed by atoms with Crippen molar-refractivity contribution in [3.8, 4) is 0 Å². The number of carboxylic acid groups (broad SMARTS) is 1. The fourth-order valence-corrected chi connectivity index (χ4v) is 3.17. The molecule has 1 saturated carbocycles. The zero-order valence-electron chi connectivity index (χ0n) is 12.2. The fraction of sp³-hybridized carbons (Fsp3) is 0.588. The Hall–Kier alpha value is -1.35. The highest BCUT2D eigenvalue weighted by Crippen LogP contribution is 2.32. The van der Waals surface area contributed by atoms with Crippen LogP contribution in [0.2, 0.25) is 0 Å². The third-order valence-corrected chi connectivity index (χ3v) is 4.31. The van der Waals surface area contributed by atoms with Crippen LogP contribution in [0.5, 0.6) is 0 Å². The molecule has 1 atom stereocenters. The third kappa shape index (κ3) is 4.07. The first-order chi connectivity index (χ1) is 9.70. The van der Waals surface area contributed by atoms with Crippen LogP contribution in [0.4, 0.5) is 0 Å². The molecule has 0 spiro atoms. The lowest BCUT2D eigenvalue weighted by Crippen LogP contribution is -2.44. The summed E-state index contributed by atoms with van der Waals surface area (Å²) >= 11 is 0. The summed E-state index contributed by atoms with van der Waals surface area (Å²) in [5.74, 6) is -0.0688. The van der Waals surface area contributed by atoms with Crippen LogP contribution >= 0.6 is 0 Å². The van der Waals surface area contributed by atoms with Crippen molar-refractivity contribution in [1.29, 1.82) is 0 Å². The molecule has 1 aromatic rings. The standard InChI is InChI=1S/C17H25NO2/c1-2-6-16(17(19)20)18-15-11-9-14(10-12-15)13-7-4-3-5-8-13/h3-5,7-8,14-16,18H,2,6,9-12H2,1H3,(H,19,20). The summed E-state index contributed by atoms with van der Waals surface area (Å²) in [6.45, 7) is 2.03. The molecule has 3 nitrogen and oxygen atoms in total. The fourth-order valence-electron chi connectivity index (χ4n) is 3.17. The van der Waals surface area contributed by atoms with Gasteiger partial charge in [-0.05, 0) is 43.6 Å². The first kappa shape index (κ1) is 15.0. The van der Waals surface area contributed by atoms with Crippen LogP contribution in [0.15, 0.2) is 30.3 Å². The summed E-state index contributed by atoms with van der Waals surface area (Å²) in [7, 11) is 0. The molecule has 110 valence electrons. The summed E-state index contributed by atoms with van der Waals surface area (Å²) in [6, 6.07) is 10.6. The average molecular weight is 275 g/mol. The van der Waals surface area contributed by atoms with Crippen molar-refractivity contribution >= 4 is 5.97 Å². The molecule has 20 heavy (non-hydrogen) atoms. The number of hydrogen-bond acceptors (Lipinski definition) is 2. The minimum Gasteiger partial charge on any atom is -0.480 e. The maximum atomic E-state index is 11.2. The molecule has 0 aliphatic heterocycles. The molecule has 0 heterocycles. The SMILES string of the molecule is CCCC(NC1CCC(c2ccccc2)CC1)C(=O)O. The topological polar surface area (TPSA) is 49.3 Å². The van der Waals surface area contributed by atoms with Gasteiger partial charge in [-0.15, -0.1) is 0 Å². The van der Waals surface area contributed by atoms with Gasteiger partial charge in [0.2, 0.25) is 0 Å². The van der Waals surface area contributed by atoms with Crippen molar-refractivity contribution < 1.29 is 9.90 Å². The van der Waals surface area contributed by atoms with Gasteiger partial charge in [-0.3, -0.25) is 4.79 Å². The second-order valence-corrected chi connectivity index (χ2v) is 5.81. The van der Waals surface area contributed by atoms with Gasteiger partial charge < -0.3 is 10.4 Å². The summed E-state index contributed by atoms with van der Waals surface area (Å²) < 4.78 is 0. The molecule has 1 aliphatic carbocycles. The summed E-state index contributed by atoms with van der Waals surface area (Å²) in [4.78, 5) is 11.2. The zero-order chi connectivity index (χ0) is 14.4. The monoisotopic (exact) mass is 275 g/mol. The molecule has 0 radical (unpaired) electrons. The zero-order valence-corrected chi connectivity index (χ0v) is 12.2. The van der Waals surface area contributed by atoms with Gasteiger partial charge in [0.15, 0.2) is 0 Å². The number of benzene rings is 1. The lowest BCUT2D eigenvalue weighted by Gasteiger charge is -2.31. The van der Waals surface area contributed by atoms with Crippen molar-refractivity contribution in [3.05, 3.63) is 35.9 Å². The molecule has 1 unspecified atom stereocenters. The van der Waals surface area contributed by atoms with Crippen LogP contribution in [0.3, 0.4) is 0 Å². The Morgan fingerprint density at radius 2 is 1.90 bits per heavy atom. The number of carbonyl (C=O) groups is 1. The maximum absolute atomic E-state index is 11.2. The Kier molecular flexibility index (Phi) is 5.60. The number of hydrogen-bond donors (Lipinski definition) is 2. The van der Waals surface area contributed by atoms with E-state index >= 15 is 0 Å². The van der Waals surface area contributed by atoms with Gasteiger partial charge in [-0.2, -0.15) is 0 Å². The highest BCUT2D eigenvalue weighted by Gasteiger charge is 2.26. The van der Waals surface area contributed by atoms with Crippen LogP contribution in [0.25, 0.3) is 0 Å². The van der Waals surface area contributed by atoms with Crippen molar-refractivity contribution in [3.63, 3.8) is 0 Å². The molecule has 2 N–H and O–H groups in total. The molecule has 0 saturated heterocycles. The molecule has 1 fully saturated rings. The normalized spacial score (nSPS) is 24.2. The second-order valence-electron chi connectivity index (χ2n) is 5.81. The summed E-state index contributed by atoms with van der Waals surface area (Å²) in [5.41, 5.74) is 1.43. The molecule has 2 rings (SSSR count). The molecule has 0 amide bonds. The van der Waals surface area contributed by atoms with Crippen molar-refractivity contribution in [2.75, 3.05) is 0 Å². The number of nitrogens with one attached hydrogen (secondary N) is 1. The van der Waals surface area contributed by atoms with E-state index in [1.54, 1.807) is 0 Å². The predicted molar refractivity (Wildman–Crippen MR) is 80.9 cm³/mol. The maximum Gasteiger partial charge on any atom is 0.320 e. The van der Waals surface area contributed by atoms with E-state index in [0.717, 1.165) is 32.1 Å². The number of carboxylic acids is 1. The van der Waals surface area contributed by atoms with E-state index in [1.807, 2.05) is 6.92 Å². The van der Waals surface area contributed by atoms with Crippen molar-refractivity contribution in [2.45, 2.75) is 63.5 Å². The summed E-state index contributed by atoms with van der Waals surface area (Å²) in [6.07, 6.45) is 6.08. The van der Waals surface area contributed by atoms with Crippen LogP contribution < -0.4 is 5.32 Å². The van der Waals surface area contributed by atoms with Crippen LogP contribution in [-0.4, -0.2) is 23.2 Å². The Morgan fingerprint density at radius 3 is 2.45 bits per heavy atom. The van der Waals surface area contributed by atoms with E-state index in [0.29, 0.717) is 18.4 Å². The lowest BCUT2D eigenvalue weighted by atomic mass is 9.81. The second kappa shape index (κ2) is 7.44. The van der Waals surface area contributed by atoms with Gasteiger partial charge in [-0.1, -0.05) is 43.7 Å². The molecule has 1 aliphatic rings. The number of aliphatic carboxylic acids is 1. The minimum absolute atomic E-state index is 0.364. The predicted octanol–water partition coefficient (Wildman–Crippen LogP) is 3.56. The number of rotatable bonds is 6. The molecule has 0 bridgehead atoms. The van der Waals surface area contributed by atoms with Gasteiger partial charge in [-0.25, -0.2) is 0 Å². The van der Waals surface area contributed by atoms with Crippen LogP contribution in [0.1, 0.15) is 56.9 Å². The average Bonchev–Trinajstić information content (AvgIpc) is 2.48. The lowest BCUT2D eigenvalue weighted by molar-refractivity contribution is -0.140. The molecule has 1 aromatic carbocycles. The van der Waals surface area contributed by atoms with Crippen LogP contribution in [0, 0.1) is 0 Å². The van der Waals surface area contributed by atoms with Gasteiger partial charge in [0, 0.05) is 6.04 Å². The Balaban J connectivity index is 1.83. The highest BCUT2D eigenvalue weighted by molar-refractivity contribution is 5.73. The van der Waals surface area contributed by atoms with Crippen molar-refractivity contribution in [2.24, 2.45) is 0 Å². The first-order valence-corrected chi connectivity index (χ1v) is 7.74. The smallest absolute Gasteiger partial charge is 0.320 e. The largest absolute Gasteiger partial charge is 0.480 e. The Morgan fingerprint density at radius 1 is 1.25 bits per heavy atom. The van der Waals surface area contributed by atoms with Gasteiger partial charge in [0.1, 0.15) is 6.04 Å². The molecule has 3 heteroatoms. The molecular weight excluding hydrogens is 250 g/mol. The van der Waals surface area contributed by atoms with Gasteiger partial charge in [0.05, 0.1) is 0 Å². The quantitative estimate of drug-likeness (QED) is 0.834. The first-order valence-electron chi connectivity index (χ1n) is 7.74. The van der Waals surface area contributed by atoms with E-state index in [-0.39, 0.29) is 6.04 Å². The van der Waals surface area contributed by atoms with E-state index in [2.05, 4.69) is 35.6 Å². The molecular formula is C17H25NO2. The minimum atomic E-state index is -0.711. The summed E-state index contributed by atoms with van der Waals surface area (Å²) in [5, 5.41) is 12.5. The Labute approximate surface area is 121 Å². The third-order valence-electron chi connectivity index (χ3n) is 4.31.